The predicted octanol–water partition coefficient (Wildman–Crippen LogP) is 4.67. The Bertz CT molecular complexity index is 1130. The molecule has 1 aliphatic heterocycles. The number of amides is 1. The number of rotatable bonds is 12. The van der Waals surface area contributed by atoms with E-state index < -0.39 is 35.8 Å². The number of nitrogens with one attached hydrogen (secondary N) is 1. The second-order valence-electron chi connectivity index (χ2n) is 9.84. The first-order valence-corrected chi connectivity index (χ1v) is 13.3. The molecule has 0 saturated carbocycles. The largest absolute Gasteiger partial charge is 0.494 e. The molecule has 206 valence electrons. The molecule has 0 aliphatic carbocycles. The van der Waals surface area contributed by atoms with Crippen molar-refractivity contribution in [1.82, 2.24) is 5.32 Å². The molecule has 1 amide bonds. The van der Waals surface area contributed by atoms with E-state index >= 15 is 0 Å². The van der Waals surface area contributed by atoms with E-state index in [9.17, 15) is 14.0 Å². The van der Waals surface area contributed by atoms with Crippen LogP contribution in [0.25, 0.3) is 0 Å². The molecular formula is C28H34BrFN2O6. The number of ether oxygens (including phenoxy) is 3. The van der Waals surface area contributed by atoms with Crippen LogP contribution in [0.5, 0.6) is 5.75 Å². The number of aliphatic hydroxyl groups is 1. The number of hydrogen-bond donors (Lipinski definition) is 2. The molecule has 10 heteroatoms. The maximum atomic E-state index is 13.6. The Hall–Kier alpha value is -2.98. The molecule has 2 N–H and O–H groups in total. The molecular weight excluding hydrogens is 559 g/mol. The number of alkyl halides is 1. The molecule has 8 nitrogen and oxygen atoms in total. The molecule has 38 heavy (non-hydrogen) atoms. The number of aliphatic hydroxyl groups excluding tert-OH is 1. The van der Waals surface area contributed by atoms with Crippen molar-refractivity contribution in [3.63, 3.8) is 0 Å². The van der Waals surface area contributed by atoms with Gasteiger partial charge in [0.25, 0.3) is 5.91 Å². The first kappa shape index (κ1) is 29.6. The van der Waals surface area contributed by atoms with E-state index in [0.29, 0.717) is 34.4 Å². The molecule has 2 aromatic rings. The zero-order valence-electron chi connectivity index (χ0n) is 21.8. The van der Waals surface area contributed by atoms with Crippen molar-refractivity contribution in [2.75, 3.05) is 26.4 Å². The number of esters is 1. The number of carbonyl (C=O) groups excluding carboxylic acids is 2. The van der Waals surface area contributed by atoms with Gasteiger partial charge >= 0.3 is 5.97 Å². The van der Waals surface area contributed by atoms with Gasteiger partial charge in [-0.1, -0.05) is 34.1 Å². The number of aliphatic imine (C=N–C) groups is 1. The summed E-state index contributed by atoms with van der Waals surface area (Å²) >= 11 is 3.55. The van der Waals surface area contributed by atoms with E-state index in [2.05, 4.69) is 21.2 Å². The minimum absolute atomic E-state index is 0.0160. The lowest BCUT2D eigenvalue weighted by atomic mass is 9.83. The van der Waals surface area contributed by atoms with E-state index in [-0.39, 0.29) is 31.9 Å². The van der Waals surface area contributed by atoms with Gasteiger partial charge in [-0.05, 0) is 57.5 Å². The van der Waals surface area contributed by atoms with Crippen LogP contribution in [0.4, 0.5) is 4.39 Å². The van der Waals surface area contributed by atoms with Crippen LogP contribution >= 0.6 is 15.9 Å². The molecule has 2 aromatic carbocycles. The third-order valence-corrected chi connectivity index (χ3v) is 6.45. The van der Waals surface area contributed by atoms with Gasteiger partial charge < -0.3 is 24.6 Å². The van der Waals surface area contributed by atoms with Crippen LogP contribution in [0.3, 0.4) is 0 Å². The third-order valence-electron chi connectivity index (χ3n) is 5.73. The van der Waals surface area contributed by atoms with Crippen LogP contribution < -0.4 is 10.1 Å². The second kappa shape index (κ2) is 13.2. The fraction of sp³-hybridized carbons (Fsp3) is 0.464. The average molecular weight is 593 g/mol. The third kappa shape index (κ3) is 7.54. The molecule has 0 radical (unpaired) electrons. The van der Waals surface area contributed by atoms with Crippen molar-refractivity contribution >= 4 is 33.7 Å². The summed E-state index contributed by atoms with van der Waals surface area (Å²) in [6.07, 6.45) is -0.494. The van der Waals surface area contributed by atoms with E-state index in [1.165, 1.54) is 0 Å². The molecule has 1 aliphatic rings. The van der Waals surface area contributed by atoms with E-state index in [0.717, 1.165) is 0 Å². The van der Waals surface area contributed by atoms with Crippen LogP contribution in [-0.2, 0) is 19.1 Å². The summed E-state index contributed by atoms with van der Waals surface area (Å²) in [6, 6.07) is 14.3. The van der Waals surface area contributed by atoms with Crippen molar-refractivity contribution in [2.24, 2.45) is 4.99 Å². The Morgan fingerprint density at radius 3 is 2.53 bits per heavy atom. The lowest BCUT2D eigenvalue weighted by molar-refractivity contribution is -0.155. The SMILES string of the molecule is CC(C)(C)OC(=O)CC[C@@]1(C(=O)NCCF)N=C(c2ccc(OCCCO)cc2)O[C@@H]1c1ccccc1Br. The predicted molar refractivity (Wildman–Crippen MR) is 145 cm³/mol. The number of benzene rings is 2. The normalized spacial score (nSPS) is 18.9. The zero-order valence-corrected chi connectivity index (χ0v) is 23.4. The minimum Gasteiger partial charge on any atom is -0.494 e. The molecule has 0 unspecified atom stereocenters. The lowest BCUT2D eigenvalue weighted by Crippen LogP contribution is -2.49. The van der Waals surface area contributed by atoms with Gasteiger partial charge in [-0.2, -0.15) is 0 Å². The first-order valence-electron chi connectivity index (χ1n) is 12.5. The van der Waals surface area contributed by atoms with Crippen LogP contribution in [0.15, 0.2) is 58.0 Å². The fourth-order valence-electron chi connectivity index (χ4n) is 4.03. The van der Waals surface area contributed by atoms with Gasteiger partial charge in [-0.3, -0.25) is 9.59 Å². The molecule has 1 heterocycles. The highest BCUT2D eigenvalue weighted by Gasteiger charge is 2.53. The highest BCUT2D eigenvalue weighted by Crippen LogP contribution is 2.45. The van der Waals surface area contributed by atoms with Gasteiger partial charge in [0.1, 0.15) is 18.0 Å². The summed E-state index contributed by atoms with van der Waals surface area (Å²) in [5.74, 6) is -0.195. The quantitative estimate of drug-likeness (QED) is 0.274. The van der Waals surface area contributed by atoms with Crippen molar-refractivity contribution in [2.45, 2.75) is 57.3 Å². The highest BCUT2D eigenvalue weighted by molar-refractivity contribution is 9.10. The van der Waals surface area contributed by atoms with Crippen LogP contribution in [-0.4, -0.2) is 60.5 Å². The van der Waals surface area contributed by atoms with Crippen molar-refractivity contribution in [3.05, 3.63) is 64.1 Å². The molecule has 0 fully saturated rings. The summed E-state index contributed by atoms with van der Waals surface area (Å²) in [4.78, 5) is 31.1. The van der Waals surface area contributed by atoms with E-state index in [4.69, 9.17) is 24.3 Å². The molecule has 0 spiro atoms. The molecule has 0 aromatic heterocycles. The van der Waals surface area contributed by atoms with E-state index in [1.807, 2.05) is 24.3 Å². The van der Waals surface area contributed by atoms with Crippen LogP contribution in [0.2, 0.25) is 0 Å². The number of halogens is 2. The maximum absolute atomic E-state index is 13.6. The Kier molecular flexibility index (Phi) is 10.3. The van der Waals surface area contributed by atoms with Crippen molar-refractivity contribution < 1.29 is 33.3 Å². The molecule has 3 rings (SSSR count). The monoisotopic (exact) mass is 592 g/mol. The Labute approximate surface area is 230 Å². The second-order valence-corrected chi connectivity index (χ2v) is 10.7. The number of carbonyl (C=O) groups is 2. The number of nitrogens with zero attached hydrogens (tertiary/aromatic N) is 1. The molecule has 2 atom stereocenters. The Morgan fingerprint density at radius 2 is 1.89 bits per heavy atom. The number of hydrogen-bond acceptors (Lipinski definition) is 7. The summed E-state index contributed by atoms with van der Waals surface area (Å²) in [5.41, 5.74) is -0.977. The van der Waals surface area contributed by atoms with Gasteiger partial charge in [0.15, 0.2) is 11.6 Å². The molecule has 0 bridgehead atoms. The highest BCUT2D eigenvalue weighted by atomic mass is 79.9. The van der Waals surface area contributed by atoms with Crippen LogP contribution in [0, 0.1) is 0 Å². The van der Waals surface area contributed by atoms with Gasteiger partial charge in [0.05, 0.1) is 6.61 Å². The topological polar surface area (TPSA) is 106 Å². The van der Waals surface area contributed by atoms with Crippen molar-refractivity contribution in [1.29, 1.82) is 0 Å². The van der Waals surface area contributed by atoms with Gasteiger partial charge in [-0.15, -0.1) is 0 Å². The summed E-state index contributed by atoms with van der Waals surface area (Å²) in [7, 11) is 0. The van der Waals surface area contributed by atoms with E-state index in [1.54, 1.807) is 45.0 Å². The first-order chi connectivity index (χ1) is 18.1. The Balaban J connectivity index is 2.01. The standard InChI is InChI=1S/C28H34BrFN2O6/c1-27(2,3)38-23(34)13-14-28(26(35)31-16-15-30)24(21-7-4-5-8-22(21)29)37-25(32-28)19-9-11-20(12-10-19)36-18-6-17-33/h4-5,7-12,24,33H,6,13-18H2,1-3H3,(H,31,35)/t24-,28-/m1/s1. The maximum Gasteiger partial charge on any atom is 0.306 e. The summed E-state index contributed by atoms with van der Waals surface area (Å²) < 4.78 is 31.2. The van der Waals surface area contributed by atoms with Gasteiger partial charge in [0.2, 0.25) is 5.90 Å². The zero-order chi connectivity index (χ0) is 27.8. The summed E-state index contributed by atoms with van der Waals surface area (Å²) in [6.45, 7) is 4.78. The average Bonchev–Trinajstić information content (AvgIpc) is 3.26. The van der Waals surface area contributed by atoms with Gasteiger partial charge in [-0.25, -0.2) is 9.38 Å². The lowest BCUT2D eigenvalue weighted by Gasteiger charge is -2.31. The smallest absolute Gasteiger partial charge is 0.306 e. The van der Waals surface area contributed by atoms with Crippen LogP contribution in [0.1, 0.15) is 57.3 Å². The summed E-state index contributed by atoms with van der Waals surface area (Å²) in [5, 5.41) is 11.6. The fourth-order valence-corrected chi connectivity index (χ4v) is 4.53. The Morgan fingerprint density at radius 1 is 1.18 bits per heavy atom. The van der Waals surface area contributed by atoms with Gasteiger partial charge in [0, 0.05) is 41.6 Å². The molecule has 0 saturated heterocycles. The van der Waals surface area contributed by atoms with Crippen molar-refractivity contribution in [3.8, 4) is 5.75 Å². The minimum atomic E-state index is -1.55.